The van der Waals surface area contributed by atoms with Crippen LogP contribution in [0.25, 0.3) is 10.9 Å². The summed E-state index contributed by atoms with van der Waals surface area (Å²) in [6, 6.07) is 14.6. The van der Waals surface area contributed by atoms with Crippen LogP contribution in [0.4, 0.5) is 0 Å². The van der Waals surface area contributed by atoms with Crippen LogP contribution in [0, 0.1) is 0 Å². The van der Waals surface area contributed by atoms with Gasteiger partial charge in [-0.3, -0.25) is 4.98 Å². The molecule has 0 aliphatic carbocycles. The van der Waals surface area contributed by atoms with Crippen LogP contribution in [0.3, 0.4) is 0 Å². The fourth-order valence-corrected chi connectivity index (χ4v) is 2.60. The predicted molar refractivity (Wildman–Crippen MR) is 85.3 cm³/mol. The van der Waals surface area contributed by atoms with Gasteiger partial charge >= 0.3 is 0 Å². The quantitative estimate of drug-likeness (QED) is 0.765. The van der Waals surface area contributed by atoms with E-state index in [9.17, 15) is 0 Å². The number of furan rings is 1. The van der Waals surface area contributed by atoms with E-state index in [1.165, 1.54) is 5.56 Å². The number of aryl methyl sites for hydroxylation is 1. The average molecular weight is 280 g/mol. The summed E-state index contributed by atoms with van der Waals surface area (Å²) in [6.07, 6.45) is 2.74. The topological polar surface area (TPSA) is 38.1 Å². The minimum Gasteiger partial charge on any atom is -0.464 e. The third-order valence-corrected chi connectivity index (χ3v) is 3.68. The van der Waals surface area contributed by atoms with E-state index in [2.05, 4.69) is 60.5 Å². The van der Waals surface area contributed by atoms with Gasteiger partial charge in [0.2, 0.25) is 0 Å². The largest absolute Gasteiger partial charge is 0.464 e. The van der Waals surface area contributed by atoms with Crippen LogP contribution in [-0.2, 0) is 6.42 Å². The maximum absolute atomic E-state index is 5.94. The highest BCUT2D eigenvalue weighted by atomic mass is 16.3. The first-order chi connectivity index (χ1) is 10.3. The molecule has 0 amide bonds. The van der Waals surface area contributed by atoms with Gasteiger partial charge < -0.3 is 9.73 Å². The number of fused-ring (bicyclic) bond motifs is 1. The molecule has 0 spiro atoms. The van der Waals surface area contributed by atoms with Crippen molar-refractivity contribution in [3.63, 3.8) is 0 Å². The van der Waals surface area contributed by atoms with E-state index in [0.29, 0.717) is 0 Å². The highest BCUT2D eigenvalue weighted by Gasteiger charge is 2.17. The first kappa shape index (κ1) is 13.8. The number of hydrogen-bond acceptors (Lipinski definition) is 3. The molecule has 1 aromatic carbocycles. The summed E-state index contributed by atoms with van der Waals surface area (Å²) in [5.41, 5.74) is 2.22. The summed E-state index contributed by atoms with van der Waals surface area (Å²) in [5, 5.41) is 4.66. The molecule has 21 heavy (non-hydrogen) atoms. The fourth-order valence-electron chi connectivity index (χ4n) is 2.60. The monoisotopic (exact) mass is 280 g/mol. The third-order valence-electron chi connectivity index (χ3n) is 3.68. The van der Waals surface area contributed by atoms with Gasteiger partial charge in [0.05, 0.1) is 11.6 Å². The zero-order valence-electron chi connectivity index (χ0n) is 12.5. The van der Waals surface area contributed by atoms with Crippen LogP contribution in [0.5, 0.6) is 0 Å². The first-order valence-electron chi connectivity index (χ1n) is 7.48. The van der Waals surface area contributed by atoms with E-state index in [0.717, 1.165) is 35.4 Å². The van der Waals surface area contributed by atoms with Crippen molar-refractivity contribution in [3.8, 4) is 0 Å². The molecule has 3 heteroatoms. The Bertz CT molecular complexity index is 733. The number of benzene rings is 1. The van der Waals surface area contributed by atoms with Crippen LogP contribution in [0.1, 0.15) is 37.0 Å². The van der Waals surface area contributed by atoms with Crippen molar-refractivity contribution < 1.29 is 4.42 Å². The fraction of sp³-hybridized carbons (Fsp3) is 0.278. The Morgan fingerprint density at radius 3 is 2.81 bits per heavy atom. The molecule has 3 aromatic rings. The number of rotatable bonds is 5. The lowest BCUT2D eigenvalue weighted by atomic mass is 10.0. The minimum absolute atomic E-state index is 0.0832. The summed E-state index contributed by atoms with van der Waals surface area (Å²) < 4.78 is 5.94. The molecule has 0 saturated heterocycles. The highest BCUT2D eigenvalue weighted by Crippen LogP contribution is 2.26. The van der Waals surface area contributed by atoms with Gasteiger partial charge in [0.1, 0.15) is 11.5 Å². The van der Waals surface area contributed by atoms with Gasteiger partial charge in [0.25, 0.3) is 0 Å². The molecule has 2 aromatic heterocycles. The predicted octanol–water partition coefficient (Wildman–Crippen LogP) is 4.09. The van der Waals surface area contributed by atoms with E-state index < -0.39 is 0 Å². The summed E-state index contributed by atoms with van der Waals surface area (Å²) in [7, 11) is 0. The normalized spacial score (nSPS) is 12.7. The number of nitrogens with zero attached hydrogens (tertiary/aromatic N) is 1. The smallest absolute Gasteiger partial charge is 0.125 e. The van der Waals surface area contributed by atoms with E-state index in [1.807, 2.05) is 12.3 Å². The van der Waals surface area contributed by atoms with Crippen molar-refractivity contribution in [2.45, 2.75) is 26.3 Å². The Morgan fingerprint density at radius 1 is 1.14 bits per heavy atom. The molecule has 3 rings (SSSR count). The molecule has 3 nitrogen and oxygen atoms in total. The lowest BCUT2D eigenvalue weighted by molar-refractivity contribution is 0.426. The molecule has 1 N–H and O–H groups in total. The molecule has 1 unspecified atom stereocenters. The van der Waals surface area contributed by atoms with Gasteiger partial charge in [0, 0.05) is 18.0 Å². The lowest BCUT2D eigenvalue weighted by Gasteiger charge is -2.16. The van der Waals surface area contributed by atoms with Crippen molar-refractivity contribution in [1.29, 1.82) is 0 Å². The van der Waals surface area contributed by atoms with Crippen molar-refractivity contribution in [2.24, 2.45) is 0 Å². The van der Waals surface area contributed by atoms with Gasteiger partial charge in [-0.2, -0.15) is 0 Å². The van der Waals surface area contributed by atoms with Gasteiger partial charge in [-0.05, 0) is 42.4 Å². The van der Waals surface area contributed by atoms with Crippen LogP contribution in [0.2, 0.25) is 0 Å². The molecule has 0 fully saturated rings. The number of aromatic nitrogens is 1. The molecule has 0 aliphatic heterocycles. The molecule has 0 saturated carbocycles. The van der Waals surface area contributed by atoms with E-state index in [1.54, 1.807) is 0 Å². The second-order valence-electron chi connectivity index (χ2n) is 5.10. The Kier molecular flexibility index (Phi) is 4.02. The standard InChI is InChI=1S/C18H20N2O/c1-3-15-8-10-17(21-15)18(19-4-2)14-7-9-16-13(12-14)6-5-11-20-16/h5-12,18-19H,3-4H2,1-2H3. The average Bonchev–Trinajstić information content (AvgIpc) is 3.01. The number of pyridine rings is 1. The molecule has 0 radical (unpaired) electrons. The Labute approximate surface area is 125 Å². The first-order valence-corrected chi connectivity index (χ1v) is 7.48. The molecular formula is C18H20N2O. The number of nitrogens with one attached hydrogen (secondary N) is 1. The van der Waals surface area contributed by atoms with Gasteiger partial charge in [0.15, 0.2) is 0 Å². The van der Waals surface area contributed by atoms with Crippen molar-refractivity contribution >= 4 is 10.9 Å². The van der Waals surface area contributed by atoms with Crippen LogP contribution in [-0.4, -0.2) is 11.5 Å². The van der Waals surface area contributed by atoms with E-state index in [4.69, 9.17) is 4.42 Å². The second kappa shape index (κ2) is 6.10. The van der Waals surface area contributed by atoms with E-state index in [-0.39, 0.29) is 6.04 Å². The highest BCUT2D eigenvalue weighted by molar-refractivity contribution is 5.79. The maximum Gasteiger partial charge on any atom is 0.125 e. The van der Waals surface area contributed by atoms with Crippen LogP contribution in [0.15, 0.2) is 53.1 Å². The molecule has 2 heterocycles. The summed E-state index contributed by atoms with van der Waals surface area (Å²) in [6.45, 7) is 5.10. The Hall–Kier alpha value is -2.13. The molecule has 0 bridgehead atoms. The Morgan fingerprint density at radius 2 is 2.05 bits per heavy atom. The second-order valence-corrected chi connectivity index (χ2v) is 5.10. The SMILES string of the molecule is CCNC(c1ccc2ncccc2c1)c1ccc(CC)o1. The summed E-state index contributed by atoms with van der Waals surface area (Å²) in [5.74, 6) is 1.99. The molecular weight excluding hydrogens is 260 g/mol. The number of hydrogen-bond donors (Lipinski definition) is 1. The molecule has 108 valence electrons. The maximum atomic E-state index is 5.94. The molecule has 0 aliphatic rings. The minimum atomic E-state index is 0.0832. The van der Waals surface area contributed by atoms with Gasteiger partial charge in [-0.1, -0.05) is 26.0 Å². The zero-order valence-corrected chi connectivity index (χ0v) is 12.5. The van der Waals surface area contributed by atoms with Gasteiger partial charge in [-0.15, -0.1) is 0 Å². The van der Waals surface area contributed by atoms with Crippen molar-refractivity contribution in [2.75, 3.05) is 6.54 Å². The third kappa shape index (κ3) is 2.83. The van der Waals surface area contributed by atoms with Crippen molar-refractivity contribution in [1.82, 2.24) is 10.3 Å². The van der Waals surface area contributed by atoms with Crippen LogP contribution >= 0.6 is 0 Å². The zero-order chi connectivity index (χ0) is 14.7. The summed E-state index contributed by atoms with van der Waals surface area (Å²) in [4.78, 5) is 4.37. The van der Waals surface area contributed by atoms with E-state index >= 15 is 0 Å². The Balaban J connectivity index is 2.01. The van der Waals surface area contributed by atoms with Crippen molar-refractivity contribution in [3.05, 3.63) is 65.7 Å². The molecule has 1 atom stereocenters. The lowest BCUT2D eigenvalue weighted by Crippen LogP contribution is -2.21. The van der Waals surface area contributed by atoms with Crippen LogP contribution < -0.4 is 5.32 Å². The summed E-state index contributed by atoms with van der Waals surface area (Å²) >= 11 is 0. The van der Waals surface area contributed by atoms with Gasteiger partial charge in [-0.25, -0.2) is 0 Å².